The summed E-state index contributed by atoms with van der Waals surface area (Å²) in [5, 5.41) is 12.5. The van der Waals surface area contributed by atoms with Crippen LogP contribution in [0.25, 0.3) is 0 Å². The predicted molar refractivity (Wildman–Crippen MR) is 62.9 cm³/mol. The third kappa shape index (κ3) is 1.86. The van der Waals surface area contributed by atoms with Gasteiger partial charge in [-0.05, 0) is 37.5 Å². The third-order valence-electron chi connectivity index (χ3n) is 4.45. The molecule has 16 heavy (non-hydrogen) atoms. The third-order valence-corrected chi connectivity index (χ3v) is 4.45. The zero-order valence-corrected chi connectivity index (χ0v) is 10.4. The Balaban J connectivity index is 1.86. The van der Waals surface area contributed by atoms with Crippen LogP contribution >= 0.6 is 0 Å². The topological polar surface area (TPSA) is 49.3 Å². The fourth-order valence-electron chi connectivity index (χ4n) is 3.53. The second-order valence-corrected chi connectivity index (χ2v) is 5.97. The standard InChI is InChI=1S/C13H23NO2/c1-3-4-10(2)11(16)14-13-6-5-12(7-13,8-13)9-15/h10,15H,3-9H2,1-2H3,(H,14,16). The van der Waals surface area contributed by atoms with Gasteiger partial charge in [0.25, 0.3) is 0 Å². The van der Waals surface area contributed by atoms with E-state index in [4.69, 9.17) is 0 Å². The lowest BCUT2D eigenvalue weighted by atomic mass is 9.65. The fraction of sp³-hybridized carbons (Fsp3) is 0.923. The van der Waals surface area contributed by atoms with Crippen molar-refractivity contribution in [3.63, 3.8) is 0 Å². The highest BCUT2D eigenvalue weighted by atomic mass is 16.3. The van der Waals surface area contributed by atoms with Crippen molar-refractivity contribution in [1.29, 1.82) is 0 Å². The SMILES string of the molecule is CCCC(C)C(=O)NC12CCC(CO)(C1)C2. The first-order chi connectivity index (χ1) is 7.55. The molecule has 0 heterocycles. The Morgan fingerprint density at radius 2 is 2.12 bits per heavy atom. The van der Waals surface area contributed by atoms with Crippen LogP contribution in [0.4, 0.5) is 0 Å². The summed E-state index contributed by atoms with van der Waals surface area (Å²) in [7, 11) is 0. The minimum atomic E-state index is 0.0435. The Bertz CT molecular complexity index is 282. The first-order valence-corrected chi connectivity index (χ1v) is 6.48. The zero-order valence-electron chi connectivity index (χ0n) is 10.4. The van der Waals surface area contributed by atoms with E-state index in [1.165, 1.54) is 0 Å². The van der Waals surface area contributed by atoms with Crippen molar-refractivity contribution in [3.05, 3.63) is 0 Å². The smallest absolute Gasteiger partial charge is 0.223 e. The van der Waals surface area contributed by atoms with Gasteiger partial charge in [-0.25, -0.2) is 0 Å². The Kier molecular flexibility index (Phi) is 2.99. The average Bonchev–Trinajstić information content (AvgIpc) is 2.73. The molecule has 3 rings (SSSR count). The van der Waals surface area contributed by atoms with Gasteiger partial charge in [0.1, 0.15) is 0 Å². The summed E-state index contributed by atoms with van der Waals surface area (Å²) in [5.74, 6) is 0.333. The zero-order chi connectivity index (χ0) is 11.8. The molecule has 0 spiro atoms. The summed E-state index contributed by atoms with van der Waals surface area (Å²) < 4.78 is 0. The van der Waals surface area contributed by atoms with Crippen LogP contribution in [-0.2, 0) is 4.79 Å². The van der Waals surface area contributed by atoms with E-state index in [0.29, 0.717) is 0 Å². The van der Waals surface area contributed by atoms with Gasteiger partial charge in [0.15, 0.2) is 0 Å². The number of aliphatic hydroxyl groups excluding tert-OH is 1. The minimum Gasteiger partial charge on any atom is -0.396 e. The van der Waals surface area contributed by atoms with E-state index in [2.05, 4.69) is 12.2 Å². The van der Waals surface area contributed by atoms with Crippen LogP contribution < -0.4 is 5.32 Å². The van der Waals surface area contributed by atoms with Gasteiger partial charge in [0.2, 0.25) is 5.91 Å². The number of nitrogens with one attached hydrogen (secondary N) is 1. The predicted octanol–water partition coefficient (Wildman–Crippen LogP) is 1.84. The molecule has 3 fully saturated rings. The van der Waals surface area contributed by atoms with Crippen LogP contribution in [0.5, 0.6) is 0 Å². The Morgan fingerprint density at radius 1 is 1.44 bits per heavy atom. The molecule has 1 unspecified atom stereocenters. The molecule has 3 aliphatic carbocycles. The molecule has 0 aromatic heterocycles. The van der Waals surface area contributed by atoms with E-state index in [0.717, 1.165) is 38.5 Å². The molecular formula is C13H23NO2. The largest absolute Gasteiger partial charge is 0.396 e. The van der Waals surface area contributed by atoms with Crippen molar-refractivity contribution in [1.82, 2.24) is 5.32 Å². The quantitative estimate of drug-likeness (QED) is 0.750. The summed E-state index contributed by atoms with van der Waals surface area (Å²) in [6.07, 6.45) is 6.13. The van der Waals surface area contributed by atoms with Gasteiger partial charge < -0.3 is 10.4 Å². The maximum atomic E-state index is 11.9. The van der Waals surface area contributed by atoms with Crippen molar-refractivity contribution in [2.75, 3.05) is 6.61 Å². The number of carbonyl (C=O) groups excluding carboxylic acids is 1. The lowest BCUT2D eigenvalue weighted by molar-refractivity contribution is -0.128. The van der Waals surface area contributed by atoms with Crippen LogP contribution in [0, 0.1) is 11.3 Å². The molecule has 0 radical (unpaired) electrons. The van der Waals surface area contributed by atoms with Gasteiger partial charge in [-0.15, -0.1) is 0 Å². The van der Waals surface area contributed by atoms with Gasteiger partial charge in [-0.1, -0.05) is 20.3 Å². The maximum absolute atomic E-state index is 11.9. The summed E-state index contributed by atoms with van der Waals surface area (Å²) >= 11 is 0. The highest BCUT2D eigenvalue weighted by Crippen LogP contribution is 2.61. The van der Waals surface area contributed by atoms with Crippen molar-refractivity contribution in [2.24, 2.45) is 11.3 Å². The number of hydrogen-bond donors (Lipinski definition) is 2. The number of aliphatic hydroxyl groups is 1. The second kappa shape index (κ2) is 4.02. The number of hydrogen-bond acceptors (Lipinski definition) is 2. The van der Waals surface area contributed by atoms with Gasteiger partial charge in [0, 0.05) is 18.1 Å². The first-order valence-electron chi connectivity index (χ1n) is 6.48. The summed E-state index contributed by atoms with van der Waals surface area (Å²) in [6, 6.07) is 0. The number of fused-ring (bicyclic) bond motifs is 1. The van der Waals surface area contributed by atoms with Gasteiger partial charge in [-0.3, -0.25) is 4.79 Å². The molecule has 2 N–H and O–H groups in total. The number of carbonyl (C=O) groups is 1. The summed E-state index contributed by atoms with van der Waals surface area (Å²) in [5.41, 5.74) is 0.198. The van der Waals surface area contributed by atoms with Crippen LogP contribution in [0.1, 0.15) is 52.4 Å². The van der Waals surface area contributed by atoms with E-state index in [-0.39, 0.29) is 29.4 Å². The van der Waals surface area contributed by atoms with E-state index in [1.807, 2.05) is 6.92 Å². The molecule has 3 saturated carbocycles. The Morgan fingerprint density at radius 3 is 2.62 bits per heavy atom. The van der Waals surface area contributed by atoms with E-state index in [1.54, 1.807) is 0 Å². The molecular weight excluding hydrogens is 202 g/mol. The molecule has 0 aromatic carbocycles. The lowest BCUT2D eigenvalue weighted by Crippen LogP contribution is -2.57. The van der Waals surface area contributed by atoms with Crippen molar-refractivity contribution in [2.45, 2.75) is 57.9 Å². The van der Waals surface area contributed by atoms with Crippen LogP contribution in [0.15, 0.2) is 0 Å². The molecule has 0 aliphatic heterocycles. The Labute approximate surface area is 97.6 Å². The van der Waals surface area contributed by atoms with Gasteiger partial charge >= 0.3 is 0 Å². The monoisotopic (exact) mass is 225 g/mol. The first kappa shape index (κ1) is 11.9. The molecule has 1 amide bonds. The second-order valence-electron chi connectivity index (χ2n) is 5.97. The van der Waals surface area contributed by atoms with Crippen molar-refractivity contribution >= 4 is 5.91 Å². The molecule has 3 heteroatoms. The lowest BCUT2D eigenvalue weighted by Gasteiger charge is -2.47. The van der Waals surface area contributed by atoms with Gasteiger partial charge in [0.05, 0.1) is 0 Å². The van der Waals surface area contributed by atoms with Crippen molar-refractivity contribution in [3.8, 4) is 0 Å². The summed E-state index contributed by atoms with van der Waals surface area (Å²) in [6.45, 7) is 4.40. The molecule has 3 nitrogen and oxygen atoms in total. The Hall–Kier alpha value is -0.570. The van der Waals surface area contributed by atoms with E-state index < -0.39 is 0 Å². The van der Waals surface area contributed by atoms with E-state index >= 15 is 0 Å². The van der Waals surface area contributed by atoms with Gasteiger partial charge in [-0.2, -0.15) is 0 Å². The van der Waals surface area contributed by atoms with Crippen LogP contribution in [-0.4, -0.2) is 23.2 Å². The number of amides is 1. The van der Waals surface area contributed by atoms with Crippen LogP contribution in [0.3, 0.4) is 0 Å². The van der Waals surface area contributed by atoms with Crippen LogP contribution in [0.2, 0.25) is 0 Å². The molecule has 0 aromatic rings. The molecule has 2 bridgehead atoms. The summed E-state index contributed by atoms with van der Waals surface area (Å²) in [4.78, 5) is 11.9. The normalized spacial score (nSPS) is 37.9. The molecule has 0 saturated heterocycles. The van der Waals surface area contributed by atoms with Crippen molar-refractivity contribution < 1.29 is 9.90 Å². The highest BCUT2D eigenvalue weighted by Gasteiger charge is 2.60. The average molecular weight is 225 g/mol. The number of rotatable bonds is 5. The maximum Gasteiger partial charge on any atom is 0.223 e. The molecule has 1 atom stereocenters. The van der Waals surface area contributed by atoms with E-state index in [9.17, 15) is 9.90 Å². The molecule has 92 valence electrons. The highest BCUT2D eigenvalue weighted by molar-refractivity contribution is 5.79. The molecule has 3 aliphatic rings. The fourth-order valence-corrected chi connectivity index (χ4v) is 3.53. The minimum absolute atomic E-state index is 0.0435.